The van der Waals surface area contributed by atoms with E-state index in [0.29, 0.717) is 36.0 Å². The normalized spacial score (nSPS) is 17.5. The van der Waals surface area contributed by atoms with Crippen molar-refractivity contribution < 1.29 is 17.9 Å². The van der Waals surface area contributed by atoms with Gasteiger partial charge in [-0.3, -0.25) is 4.79 Å². The Morgan fingerprint density at radius 3 is 2.43 bits per heavy atom. The highest BCUT2D eigenvalue weighted by atomic mass is 35.5. The molecule has 162 valence electrons. The Morgan fingerprint density at radius 1 is 1.13 bits per heavy atom. The van der Waals surface area contributed by atoms with Gasteiger partial charge in [0.1, 0.15) is 12.4 Å². The van der Waals surface area contributed by atoms with Crippen molar-refractivity contribution in [2.75, 3.05) is 26.7 Å². The fourth-order valence-corrected chi connectivity index (χ4v) is 5.31. The fourth-order valence-electron chi connectivity index (χ4n) is 3.49. The summed E-state index contributed by atoms with van der Waals surface area (Å²) in [5, 5.41) is 0.634. The van der Waals surface area contributed by atoms with E-state index in [4.69, 9.17) is 16.3 Å². The molecule has 1 unspecified atom stereocenters. The summed E-state index contributed by atoms with van der Waals surface area (Å²) in [7, 11) is -1.85. The van der Waals surface area contributed by atoms with E-state index in [1.165, 1.54) is 12.1 Å². The standard InChI is InChI=1S/C22H27ClN2O4S/c1-17-5-3-4-14-25(17)30(27,28)21-12-6-18(7-13-21)22(26)24(2)15-16-29-20-10-8-19(23)9-11-20/h6-13,17H,3-5,14-16H2,1-2H3. The van der Waals surface area contributed by atoms with Gasteiger partial charge in [0.25, 0.3) is 5.91 Å². The summed E-state index contributed by atoms with van der Waals surface area (Å²) < 4.78 is 33.0. The second-order valence-corrected chi connectivity index (χ2v) is 9.84. The van der Waals surface area contributed by atoms with Gasteiger partial charge in [0, 0.05) is 30.2 Å². The van der Waals surface area contributed by atoms with Crippen LogP contribution in [-0.2, 0) is 10.0 Å². The molecule has 0 bridgehead atoms. The Balaban J connectivity index is 1.59. The highest BCUT2D eigenvalue weighted by molar-refractivity contribution is 7.89. The molecule has 0 N–H and O–H groups in total. The summed E-state index contributed by atoms with van der Waals surface area (Å²) in [5.74, 6) is 0.492. The molecule has 1 heterocycles. The lowest BCUT2D eigenvalue weighted by atomic mass is 10.1. The number of halogens is 1. The summed E-state index contributed by atoms with van der Waals surface area (Å²) in [5.41, 5.74) is 0.439. The largest absolute Gasteiger partial charge is 0.492 e. The van der Waals surface area contributed by atoms with Crippen molar-refractivity contribution in [2.45, 2.75) is 37.1 Å². The van der Waals surface area contributed by atoms with Crippen LogP contribution in [0, 0.1) is 0 Å². The summed E-state index contributed by atoms with van der Waals surface area (Å²) >= 11 is 5.85. The van der Waals surface area contributed by atoms with Crippen LogP contribution in [0.1, 0.15) is 36.5 Å². The third kappa shape index (κ3) is 5.33. The molecule has 1 aliphatic heterocycles. The molecule has 1 fully saturated rings. The maximum Gasteiger partial charge on any atom is 0.253 e. The van der Waals surface area contributed by atoms with Crippen LogP contribution in [0.25, 0.3) is 0 Å². The molecule has 6 nitrogen and oxygen atoms in total. The van der Waals surface area contributed by atoms with Crippen LogP contribution in [-0.4, -0.2) is 56.3 Å². The molecule has 0 aromatic heterocycles. The molecule has 1 aliphatic rings. The Labute approximate surface area is 183 Å². The van der Waals surface area contributed by atoms with Crippen LogP contribution in [0.4, 0.5) is 0 Å². The van der Waals surface area contributed by atoms with Crippen molar-refractivity contribution in [1.29, 1.82) is 0 Å². The van der Waals surface area contributed by atoms with Crippen molar-refractivity contribution in [1.82, 2.24) is 9.21 Å². The number of carbonyl (C=O) groups is 1. The Hall–Kier alpha value is -2.09. The third-order valence-corrected chi connectivity index (χ3v) is 7.59. The van der Waals surface area contributed by atoms with Crippen LogP contribution in [0.3, 0.4) is 0 Å². The summed E-state index contributed by atoms with van der Waals surface area (Å²) in [4.78, 5) is 14.4. The zero-order chi connectivity index (χ0) is 21.7. The lowest BCUT2D eigenvalue weighted by molar-refractivity contribution is 0.0773. The Kier molecular flexibility index (Phi) is 7.39. The predicted molar refractivity (Wildman–Crippen MR) is 118 cm³/mol. The van der Waals surface area contributed by atoms with E-state index in [-0.39, 0.29) is 16.8 Å². The molecule has 0 radical (unpaired) electrons. The Bertz CT molecular complexity index is 962. The molecule has 3 rings (SSSR count). The highest BCUT2D eigenvalue weighted by Crippen LogP contribution is 2.25. The molecule has 0 aliphatic carbocycles. The van der Waals surface area contributed by atoms with Gasteiger partial charge < -0.3 is 9.64 Å². The lowest BCUT2D eigenvalue weighted by Gasteiger charge is -2.32. The van der Waals surface area contributed by atoms with Gasteiger partial charge >= 0.3 is 0 Å². The van der Waals surface area contributed by atoms with E-state index in [1.807, 2.05) is 6.92 Å². The van der Waals surface area contributed by atoms with E-state index in [9.17, 15) is 13.2 Å². The molecule has 0 saturated carbocycles. The summed E-state index contributed by atoms with van der Waals surface area (Å²) in [6.07, 6.45) is 2.80. The van der Waals surface area contributed by atoms with Crippen molar-refractivity contribution >= 4 is 27.5 Å². The number of amides is 1. The smallest absolute Gasteiger partial charge is 0.253 e. The number of benzene rings is 2. The van der Waals surface area contributed by atoms with Crippen molar-refractivity contribution in [2.24, 2.45) is 0 Å². The zero-order valence-electron chi connectivity index (χ0n) is 17.3. The lowest BCUT2D eigenvalue weighted by Crippen LogP contribution is -2.41. The van der Waals surface area contributed by atoms with Crippen LogP contribution < -0.4 is 4.74 Å². The van der Waals surface area contributed by atoms with Crippen LogP contribution in [0.15, 0.2) is 53.4 Å². The molecular formula is C22H27ClN2O4S. The molecule has 1 atom stereocenters. The number of hydrogen-bond donors (Lipinski definition) is 0. The number of carbonyl (C=O) groups excluding carboxylic acids is 1. The highest BCUT2D eigenvalue weighted by Gasteiger charge is 2.31. The van der Waals surface area contributed by atoms with E-state index >= 15 is 0 Å². The number of hydrogen-bond acceptors (Lipinski definition) is 4. The van der Waals surface area contributed by atoms with E-state index in [1.54, 1.807) is 52.7 Å². The van der Waals surface area contributed by atoms with Gasteiger partial charge in [0.15, 0.2) is 0 Å². The second kappa shape index (κ2) is 9.81. The number of likely N-dealkylation sites (N-methyl/N-ethyl adjacent to an activating group) is 1. The molecule has 1 amide bonds. The van der Waals surface area contributed by atoms with Gasteiger partial charge in [-0.2, -0.15) is 4.31 Å². The van der Waals surface area contributed by atoms with Crippen LogP contribution >= 0.6 is 11.6 Å². The zero-order valence-corrected chi connectivity index (χ0v) is 18.8. The van der Waals surface area contributed by atoms with Crippen molar-refractivity contribution in [3.8, 4) is 5.75 Å². The first-order valence-corrected chi connectivity index (χ1v) is 11.9. The third-order valence-electron chi connectivity index (χ3n) is 5.31. The molecule has 0 spiro atoms. The number of piperidine rings is 1. The first kappa shape index (κ1) is 22.6. The molecular weight excluding hydrogens is 424 g/mol. The second-order valence-electron chi connectivity index (χ2n) is 7.51. The fraction of sp³-hybridized carbons (Fsp3) is 0.409. The molecule has 1 saturated heterocycles. The minimum atomic E-state index is -3.54. The van der Waals surface area contributed by atoms with Crippen molar-refractivity contribution in [3.05, 3.63) is 59.1 Å². The number of rotatable bonds is 7. The molecule has 2 aromatic carbocycles. The van der Waals surface area contributed by atoms with Gasteiger partial charge in [-0.15, -0.1) is 0 Å². The van der Waals surface area contributed by atoms with Gasteiger partial charge in [-0.1, -0.05) is 18.0 Å². The van der Waals surface area contributed by atoms with Gasteiger partial charge in [0.2, 0.25) is 10.0 Å². The minimum absolute atomic E-state index is 0.00293. The summed E-state index contributed by atoms with van der Waals surface area (Å²) in [6, 6.07) is 13.2. The van der Waals surface area contributed by atoms with Gasteiger partial charge in [-0.05, 0) is 68.3 Å². The van der Waals surface area contributed by atoms with Crippen LogP contribution in [0.5, 0.6) is 5.75 Å². The van der Waals surface area contributed by atoms with Gasteiger partial charge in [0.05, 0.1) is 11.4 Å². The maximum absolute atomic E-state index is 12.9. The number of sulfonamides is 1. The van der Waals surface area contributed by atoms with E-state index in [2.05, 4.69) is 0 Å². The van der Waals surface area contributed by atoms with Crippen molar-refractivity contribution in [3.63, 3.8) is 0 Å². The first-order chi connectivity index (χ1) is 14.3. The van der Waals surface area contributed by atoms with Gasteiger partial charge in [-0.25, -0.2) is 8.42 Å². The molecule has 8 heteroatoms. The molecule has 2 aromatic rings. The topological polar surface area (TPSA) is 66.9 Å². The maximum atomic E-state index is 12.9. The predicted octanol–water partition coefficient (Wildman–Crippen LogP) is 4.05. The summed E-state index contributed by atoms with van der Waals surface area (Å²) in [6.45, 7) is 3.21. The Morgan fingerprint density at radius 2 is 1.80 bits per heavy atom. The average Bonchev–Trinajstić information content (AvgIpc) is 2.75. The monoisotopic (exact) mass is 450 g/mol. The van der Waals surface area contributed by atoms with Crippen LogP contribution in [0.2, 0.25) is 5.02 Å². The van der Waals surface area contributed by atoms with E-state index < -0.39 is 10.0 Å². The minimum Gasteiger partial charge on any atom is -0.492 e. The SMILES string of the molecule is CC1CCCCN1S(=O)(=O)c1ccc(C(=O)N(C)CCOc2ccc(Cl)cc2)cc1. The van der Waals surface area contributed by atoms with E-state index in [0.717, 1.165) is 19.3 Å². The number of nitrogens with zero attached hydrogens (tertiary/aromatic N) is 2. The number of ether oxygens (including phenoxy) is 1. The average molecular weight is 451 g/mol. The molecule has 30 heavy (non-hydrogen) atoms. The quantitative estimate of drug-likeness (QED) is 0.638. The first-order valence-electron chi connectivity index (χ1n) is 10.0.